The number of benzene rings is 1. The van der Waals surface area contributed by atoms with Crippen molar-refractivity contribution in [3.05, 3.63) is 28.9 Å². The van der Waals surface area contributed by atoms with Crippen LogP contribution in [0.15, 0.2) is 18.3 Å². The predicted octanol–water partition coefficient (Wildman–Crippen LogP) is 3.62. The molecule has 0 spiro atoms. The van der Waals surface area contributed by atoms with Gasteiger partial charge in [-0.2, -0.15) is 5.10 Å². The largest absolute Gasteiger partial charge is 0.388 e. The van der Waals surface area contributed by atoms with Crippen LogP contribution in [0, 0.1) is 11.3 Å². The number of piperidine rings is 1. The van der Waals surface area contributed by atoms with Gasteiger partial charge in [-0.3, -0.25) is 5.10 Å². The van der Waals surface area contributed by atoms with Crippen molar-refractivity contribution in [2.24, 2.45) is 11.3 Å². The Morgan fingerprint density at radius 2 is 2.05 bits per heavy atom. The van der Waals surface area contributed by atoms with Gasteiger partial charge in [0, 0.05) is 16.0 Å². The summed E-state index contributed by atoms with van der Waals surface area (Å²) in [6, 6.07) is 3.74. The molecule has 1 aliphatic rings. The van der Waals surface area contributed by atoms with Gasteiger partial charge in [0.1, 0.15) is 0 Å². The lowest BCUT2D eigenvalue weighted by atomic mass is 9.68. The molecule has 0 radical (unpaired) electrons. The van der Waals surface area contributed by atoms with E-state index in [1.54, 1.807) is 6.20 Å². The Kier molecular flexibility index (Phi) is 4.19. The van der Waals surface area contributed by atoms with Crippen LogP contribution < -0.4 is 0 Å². The van der Waals surface area contributed by atoms with Crippen molar-refractivity contribution < 1.29 is 5.11 Å². The number of aliphatic hydroxyl groups excluding tert-OH is 1. The van der Waals surface area contributed by atoms with Crippen LogP contribution in [0.1, 0.15) is 38.4 Å². The van der Waals surface area contributed by atoms with Crippen molar-refractivity contribution in [3.8, 4) is 0 Å². The summed E-state index contributed by atoms with van der Waals surface area (Å²) in [5.74, 6) is 0.496. The van der Waals surface area contributed by atoms with E-state index in [0.717, 1.165) is 42.4 Å². The normalized spacial score (nSPS) is 19.7. The zero-order chi connectivity index (χ0) is 15.9. The molecule has 1 atom stereocenters. The van der Waals surface area contributed by atoms with Gasteiger partial charge in [0.2, 0.25) is 0 Å². The molecule has 0 amide bonds. The summed E-state index contributed by atoms with van der Waals surface area (Å²) in [6.07, 6.45) is 3.42. The predicted molar refractivity (Wildman–Crippen MR) is 90.1 cm³/mol. The van der Waals surface area contributed by atoms with Crippen LogP contribution in [0.4, 0.5) is 0 Å². The van der Waals surface area contributed by atoms with Gasteiger partial charge in [0.25, 0.3) is 0 Å². The van der Waals surface area contributed by atoms with Crippen LogP contribution in [0.2, 0.25) is 5.02 Å². The van der Waals surface area contributed by atoms with E-state index in [1.165, 1.54) is 0 Å². The molecule has 22 heavy (non-hydrogen) atoms. The number of aliphatic hydroxyl groups is 1. The number of rotatable bonds is 3. The average molecular weight is 322 g/mol. The molecular weight excluding hydrogens is 298 g/mol. The van der Waals surface area contributed by atoms with Gasteiger partial charge >= 0.3 is 0 Å². The number of likely N-dealkylation sites (tertiary alicyclic amines) is 1. The quantitative estimate of drug-likeness (QED) is 0.908. The number of halogens is 1. The summed E-state index contributed by atoms with van der Waals surface area (Å²) in [5.41, 5.74) is 1.53. The first-order valence-corrected chi connectivity index (χ1v) is 8.26. The fraction of sp³-hybridized carbons (Fsp3) is 0.588. The van der Waals surface area contributed by atoms with Gasteiger partial charge in [-0.05, 0) is 56.4 Å². The molecule has 5 heteroatoms. The highest BCUT2D eigenvalue weighted by Gasteiger charge is 2.39. The van der Waals surface area contributed by atoms with E-state index in [0.29, 0.717) is 10.9 Å². The van der Waals surface area contributed by atoms with E-state index in [1.807, 2.05) is 12.1 Å². The van der Waals surface area contributed by atoms with E-state index < -0.39 is 6.10 Å². The third kappa shape index (κ3) is 2.75. The minimum atomic E-state index is -0.567. The second-order valence-corrected chi connectivity index (χ2v) is 7.57. The first-order chi connectivity index (χ1) is 10.4. The highest BCUT2D eigenvalue weighted by atomic mass is 35.5. The van der Waals surface area contributed by atoms with Gasteiger partial charge in [-0.25, -0.2) is 0 Å². The molecule has 0 bridgehead atoms. The molecular formula is C17H24ClN3O. The molecule has 4 nitrogen and oxygen atoms in total. The van der Waals surface area contributed by atoms with Crippen molar-refractivity contribution in [1.82, 2.24) is 15.1 Å². The van der Waals surface area contributed by atoms with Gasteiger partial charge in [-0.1, -0.05) is 25.4 Å². The molecule has 1 aromatic carbocycles. The number of aromatic nitrogens is 2. The lowest BCUT2D eigenvalue weighted by molar-refractivity contribution is -0.0158. The number of nitrogens with zero attached hydrogens (tertiary/aromatic N) is 2. The van der Waals surface area contributed by atoms with E-state index in [2.05, 4.69) is 36.0 Å². The number of fused-ring (bicyclic) bond motifs is 1. The Morgan fingerprint density at radius 1 is 1.36 bits per heavy atom. The molecule has 2 aromatic rings. The number of aromatic amines is 1. The maximum Gasteiger partial charge on any atom is 0.0864 e. The Hall–Kier alpha value is -1.10. The van der Waals surface area contributed by atoms with Crippen molar-refractivity contribution in [1.29, 1.82) is 0 Å². The van der Waals surface area contributed by atoms with Crippen LogP contribution in [0.25, 0.3) is 10.9 Å². The molecule has 120 valence electrons. The molecule has 1 saturated heterocycles. The fourth-order valence-corrected chi connectivity index (χ4v) is 3.87. The summed E-state index contributed by atoms with van der Waals surface area (Å²) in [7, 11) is 2.16. The van der Waals surface area contributed by atoms with E-state index in [9.17, 15) is 5.11 Å². The molecule has 2 heterocycles. The van der Waals surface area contributed by atoms with Crippen molar-refractivity contribution in [2.75, 3.05) is 20.1 Å². The van der Waals surface area contributed by atoms with E-state index >= 15 is 0 Å². The molecule has 2 N–H and O–H groups in total. The third-order valence-electron chi connectivity index (χ3n) is 5.31. The van der Waals surface area contributed by atoms with Crippen molar-refractivity contribution >= 4 is 22.5 Å². The van der Waals surface area contributed by atoms with Crippen molar-refractivity contribution in [3.63, 3.8) is 0 Å². The van der Waals surface area contributed by atoms with Gasteiger partial charge in [0.05, 0.1) is 17.8 Å². The molecule has 0 saturated carbocycles. The monoisotopic (exact) mass is 321 g/mol. The molecule has 1 unspecified atom stereocenters. The Bertz CT molecular complexity index is 659. The van der Waals surface area contributed by atoms with E-state index in [4.69, 9.17) is 11.6 Å². The summed E-state index contributed by atoms with van der Waals surface area (Å²) >= 11 is 6.22. The molecule has 1 aliphatic heterocycles. The minimum Gasteiger partial charge on any atom is -0.388 e. The lowest BCUT2D eigenvalue weighted by Crippen LogP contribution is -2.39. The fourth-order valence-electron chi connectivity index (χ4n) is 3.64. The van der Waals surface area contributed by atoms with Gasteiger partial charge in [0.15, 0.2) is 0 Å². The second kappa shape index (κ2) is 5.84. The van der Waals surface area contributed by atoms with Gasteiger partial charge in [-0.15, -0.1) is 0 Å². The van der Waals surface area contributed by atoms with E-state index in [-0.39, 0.29) is 5.41 Å². The van der Waals surface area contributed by atoms with Crippen molar-refractivity contribution in [2.45, 2.75) is 32.8 Å². The van der Waals surface area contributed by atoms with Crippen LogP contribution in [-0.4, -0.2) is 40.3 Å². The third-order valence-corrected chi connectivity index (χ3v) is 5.53. The van der Waals surface area contributed by atoms with Crippen LogP contribution >= 0.6 is 11.6 Å². The lowest BCUT2D eigenvalue weighted by Gasteiger charge is -2.42. The smallest absolute Gasteiger partial charge is 0.0864 e. The zero-order valence-electron chi connectivity index (χ0n) is 13.4. The topological polar surface area (TPSA) is 52.1 Å². The highest BCUT2D eigenvalue weighted by molar-refractivity contribution is 6.31. The van der Waals surface area contributed by atoms with Crippen LogP contribution in [0.3, 0.4) is 0 Å². The molecule has 1 aromatic heterocycles. The summed E-state index contributed by atoms with van der Waals surface area (Å²) in [5, 5.41) is 19.8. The number of nitrogens with one attached hydrogen (secondary N) is 1. The second-order valence-electron chi connectivity index (χ2n) is 7.13. The maximum absolute atomic E-state index is 11.1. The number of hydrogen-bond acceptors (Lipinski definition) is 3. The summed E-state index contributed by atoms with van der Waals surface area (Å²) < 4.78 is 0. The SMILES string of the molecule is CN1CCC(C(C)(C)C(O)c2cc(Cl)cc3cn[nH]c23)CC1. The first kappa shape index (κ1) is 15.8. The average Bonchev–Trinajstić information content (AvgIpc) is 2.94. The molecule has 0 aliphatic carbocycles. The summed E-state index contributed by atoms with van der Waals surface area (Å²) in [4.78, 5) is 2.35. The van der Waals surface area contributed by atoms with Crippen LogP contribution in [0.5, 0.6) is 0 Å². The van der Waals surface area contributed by atoms with Gasteiger partial charge < -0.3 is 10.0 Å². The standard InChI is InChI=1S/C17H24ClN3O/c1-17(2,12-4-6-21(3)7-5-12)16(22)14-9-13(18)8-11-10-19-20-15(11)14/h8-10,12,16,22H,4-7H2,1-3H3,(H,19,20). The summed E-state index contributed by atoms with van der Waals surface area (Å²) in [6.45, 7) is 6.51. The Balaban J connectivity index is 1.94. The number of hydrogen-bond donors (Lipinski definition) is 2. The Morgan fingerprint density at radius 3 is 2.73 bits per heavy atom. The Labute approximate surface area is 136 Å². The van der Waals surface area contributed by atoms with Crippen LogP contribution in [-0.2, 0) is 0 Å². The molecule has 1 fully saturated rings. The maximum atomic E-state index is 11.1. The minimum absolute atomic E-state index is 0.204. The first-order valence-electron chi connectivity index (χ1n) is 7.88. The number of H-pyrrole nitrogens is 1. The zero-order valence-corrected chi connectivity index (χ0v) is 14.2. The highest BCUT2D eigenvalue weighted by Crippen LogP contribution is 2.46. The molecule has 3 rings (SSSR count).